The number of nitrogens with zero attached hydrogens (tertiary/aromatic N) is 1. The Bertz CT molecular complexity index is 1020. The lowest BCUT2D eigenvalue weighted by atomic mass is 10.1. The van der Waals surface area contributed by atoms with Gasteiger partial charge in [-0.2, -0.15) is 0 Å². The number of hydrogen-bond acceptors (Lipinski definition) is 2. The van der Waals surface area contributed by atoms with Crippen LogP contribution < -0.4 is 10.1 Å². The molecule has 0 heterocycles. The van der Waals surface area contributed by atoms with Crippen molar-refractivity contribution in [1.82, 2.24) is 4.90 Å². The van der Waals surface area contributed by atoms with E-state index in [4.69, 9.17) is 4.74 Å². The fraction of sp³-hybridized carbons (Fsp3) is 0.240. The number of anilines is 1. The molecule has 5 heteroatoms. The van der Waals surface area contributed by atoms with Gasteiger partial charge in [-0.1, -0.05) is 42.0 Å². The number of halogens is 1. The highest BCUT2D eigenvalue weighted by Crippen LogP contribution is 2.19. The van der Waals surface area contributed by atoms with E-state index in [1.165, 1.54) is 12.1 Å². The van der Waals surface area contributed by atoms with Gasteiger partial charge in [0.1, 0.15) is 11.6 Å². The molecule has 0 aliphatic carbocycles. The summed E-state index contributed by atoms with van der Waals surface area (Å²) in [6.07, 6.45) is 0.558. The lowest BCUT2D eigenvalue weighted by Gasteiger charge is -2.24. The predicted molar refractivity (Wildman–Crippen MR) is 118 cm³/mol. The Balaban J connectivity index is 1.78. The maximum Gasteiger partial charge on any atom is 0.322 e. The number of aryl methyl sites for hydroxylation is 2. The minimum Gasteiger partial charge on any atom is -0.497 e. The summed E-state index contributed by atoms with van der Waals surface area (Å²) < 4.78 is 18.8. The van der Waals surface area contributed by atoms with E-state index in [9.17, 15) is 9.18 Å². The van der Waals surface area contributed by atoms with E-state index in [0.29, 0.717) is 19.5 Å². The van der Waals surface area contributed by atoms with E-state index in [1.54, 1.807) is 18.1 Å². The van der Waals surface area contributed by atoms with Crippen LogP contribution in [0.2, 0.25) is 0 Å². The molecule has 156 valence electrons. The number of benzene rings is 3. The first kappa shape index (κ1) is 21.4. The smallest absolute Gasteiger partial charge is 0.322 e. The average Bonchev–Trinajstić information content (AvgIpc) is 2.73. The summed E-state index contributed by atoms with van der Waals surface area (Å²) in [5, 5.41) is 3.02. The second-order valence-electron chi connectivity index (χ2n) is 7.40. The van der Waals surface area contributed by atoms with Gasteiger partial charge in [0.05, 0.1) is 7.11 Å². The lowest BCUT2D eigenvalue weighted by Crippen LogP contribution is -2.36. The first-order valence-electron chi connectivity index (χ1n) is 9.95. The fourth-order valence-corrected chi connectivity index (χ4v) is 3.35. The summed E-state index contributed by atoms with van der Waals surface area (Å²) in [7, 11) is 1.62. The molecule has 0 radical (unpaired) electrons. The Labute approximate surface area is 177 Å². The Kier molecular flexibility index (Phi) is 7.07. The number of amides is 2. The van der Waals surface area contributed by atoms with Crippen LogP contribution in [0.25, 0.3) is 0 Å². The maximum absolute atomic E-state index is 13.5. The van der Waals surface area contributed by atoms with Crippen molar-refractivity contribution in [2.75, 3.05) is 19.0 Å². The van der Waals surface area contributed by atoms with Crippen LogP contribution >= 0.6 is 0 Å². The zero-order chi connectivity index (χ0) is 21.5. The molecule has 30 heavy (non-hydrogen) atoms. The van der Waals surface area contributed by atoms with E-state index in [-0.39, 0.29) is 11.8 Å². The molecule has 0 saturated carbocycles. The van der Waals surface area contributed by atoms with Crippen LogP contribution in [0.15, 0.2) is 66.7 Å². The molecule has 3 aromatic rings. The monoisotopic (exact) mass is 406 g/mol. The van der Waals surface area contributed by atoms with Crippen molar-refractivity contribution in [2.45, 2.75) is 26.8 Å². The summed E-state index contributed by atoms with van der Waals surface area (Å²) in [5.41, 5.74) is 4.75. The molecule has 0 bridgehead atoms. The molecule has 0 aliphatic rings. The van der Waals surface area contributed by atoms with Gasteiger partial charge in [-0.25, -0.2) is 9.18 Å². The van der Waals surface area contributed by atoms with E-state index < -0.39 is 0 Å². The number of carbonyl (C=O) groups excluding carboxylic acids is 1. The molecule has 0 fully saturated rings. The molecule has 0 spiro atoms. The highest BCUT2D eigenvalue weighted by molar-refractivity contribution is 5.90. The van der Waals surface area contributed by atoms with Gasteiger partial charge in [0.15, 0.2) is 0 Å². The number of ether oxygens (including phenoxy) is 1. The van der Waals surface area contributed by atoms with Crippen molar-refractivity contribution in [3.8, 4) is 5.75 Å². The SMILES string of the molecule is COc1cccc(CN(CCc2cccc(F)c2)C(=O)Nc2ccc(C)cc2C)c1. The quantitative estimate of drug-likeness (QED) is 0.545. The van der Waals surface area contributed by atoms with Gasteiger partial charge < -0.3 is 15.0 Å². The zero-order valence-electron chi connectivity index (χ0n) is 17.6. The minimum absolute atomic E-state index is 0.193. The van der Waals surface area contributed by atoms with Crippen molar-refractivity contribution in [3.05, 3.63) is 94.8 Å². The number of methoxy groups -OCH3 is 1. The third-order valence-corrected chi connectivity index (χ3v) is 4.98. The Hall–Kier alpha value is -3.34. The largest absolute Gasteiger partial charge is 0.497 e. The van der Waals surface area contributed by atoms with E-state index in [0.717, 1.165) is 33.7 Å². The normalized spacial score (nSPS) is 10.5. The van der Waals surface area contributed by atoms with Crippen molar-refractivity contribution < 1.29 is 13.9 Å². The Morgan fingerprint density at radius 2 is 1.77 bits per heavy atom. The molecule has 1 N–H and O–H groups in total. The Morgan fingerprint density at radius 1 is 1.00 bits per heavy atom. The number of urea groups is 1. The topological polar surface area (TPSA) is 41.6 Å². The van der Waals surface area contributed by atoms with Crippen LogP contribution in [-0.4, -0.2) is 24.6 Å². The van der Waals surface area contributed by atoms with Gasteiger partial charge in [-0.05, 0) is 67.3 Å². The molecule has 4 nitrogen and oxygen atoms in total. The minimum atomic E-state index is -0.272. The molecule has 0 saturated heterocycles. The second kappa shape index (κ2) is 9.92. The van der Waals surface area contributed by atoms with Crippen LogP contribution in [0.4, 0.5) is 14.9 Å². The van der Waals surface area contributed by atoms with Crippen molar-refractivity contribution >= 4 is 11.7 Å². The van der Waals surface area contributed by atoms with Gasteiger partial charge in [-0.15, -0.1) is 0 Å². The number of nitrogens with one attached hydrogen (secondary N) is 1. The Morgan fingerprint density at radius 3 is 2.50 bits per heavy atom. The fourth-order valence-electron chi connectivity index (χ4n) is 3.35. The third-order valence-electron chi connectivity index (χ3n) is 4.98. The van der Waals surface area contributed by atoms with Gasteiger partial charge in [0.25, 0.3) is 0 Å². The molecular formula is C25H27FN2O2. The van der Waals surface area contributed by atoms with Crippen molar-refractivity contribution in [2.24, 2.45) is 0 Å². The molecular weight excluding hydrogens is 379 g/mol. The highest BCUT2D eigenvalue weighted by atomic mass is 19.1. The third kappa shape index (κ3) is 5.83. The number of rotatable bonds is 7. The van der Waals surface area contributed by atoms with E-state index in [2.05, 4.69) is 5.32 Å². The van der Waals surface area contributed by atoms with Crippen LogP contribution in [0.1, 0.15) is 22.3 Å². The summed E-state index contributed by atoms with van der Waals surface area (Å²) >= 11 is 0. The van der Waals surface area contributed by atoms with Gasteiger partial charge in [0.2, 0.25) is 0 Å². The number of carbonyl (C=O) groups is 1. The predicted octanol–water partition coefficient (Wildman–Crippen LogP) is 5.73. The molecule has 2 amide bonds. The molecule has 0 aliphatic heterocycles. The standard InChI is InChI=1S/C25H27FN2O2/c1-18-10-11-24(19(2)14-18)27-25(29)28(13-12-20-6-4-8-22(26)15-20)17-21-7-5-9-23(16-21)30-3/h4-11,14-16H,12-13,17H2,1-3H3,(H,27,29). The van der Waals surface area contributed by atoms with Crippen LogP contribution in [0.5, 0.6) is 5.75 Å². The second-order valence-corrected chi connectivity index (χ2v) is 7.40. The molecule has 3 rings (SSSR count). The molecule has 0 unspecified atom stereocenters. The van der Waals surface area contributed by atoms with Gasteiger partial charge >= 0.3 is 6.03 Å². The highest BCUT2D eigenvalue weighted by Gasteiger charge is 2.16. The summed E-state index contributed by atoms with van der Waals surface area (Å²) in [6, 6.07) is 19.9. The van der Waals surface area contributed by atoms with E-state index in [1.807, 2.05) is 62.4 Å². The summed E-state index contributed by atoms with van der Waals surface area (Å²) in [6.45, 7) is 4.87. The molecule has 0 atom stereocenters. The first-order valence-corrected chi connectivity index (χ1v) is 9.95. The van der Waals surface area contributed by atoms with Crippen molar-refractivity contribution in [1.29, 1.82) is 0 Å². The number of hydrogen-bond donors (Lipinski definition) is 1. The van der Waals surface area contributed by atoms with Crippen LogP contribution in [0, 0.1) is 19.7 Å². The molecule has 3 aromatic carbocycles. The molecule has 0 aromatic heterocycles. The van der Waals surface area contributed by atoms with Crippen molar-refractivity contribution in [3.63, 3.8) is 0 Å². The average molecular weight is 407 g/mol. The van der Waals surface area contributed by atoms with Crippen LogP contribution in [0.3, 0.4) is 0 Å². The van der Waals surface area contributed by atoms with E-state index >= 15 is 0 Å². The van der Waals surface area contributed by atoms with Crippen LogP contribution in [-0.2, 0) is 13.0 Å². The summed E-state index contributed by atoms with van der Waals surface area (Å²) in [5.74, 6) is 0.471. The van der Waals surface area contributed by atoms with Gasteiger partial charge in [0, 0.05) is 18.8 Å². The van der Waals surface area contributed by atoms with Gasteiger partial charge in [-0.3, -0.25) is 0 Å². The zero-order valence-corrected chi connectivity index (χ0v) is 17.6. The lowest BCUT2D eigenvalue weighted by molar-refractivity contribution is 0.209. The first-order chi connectivity index (χ1) is 14.4. The summed E-state index contributed by atoms with van der Waals surface area (Å²) in [4.78, 5) is 14.8. The maximum atomic E-state index is 13.5.